The maximum Gasteiger partial charge on any atom is 0.219 e. The second-order valence-electron chi connectivity index (χ2n) is 4.00. The first-order valence-corrected chi connectivity index (χ1v) is 5.07. The van der Waals surface area contributed by atoms with E-state index in [2.05, 4.69) is 0 Å². The highest BCUT2D eigenvalue weighted by Gasteiger charge is 2.47. The maximum atomic E-state index is 10.9. The number of rotatable bonds is 2. The molecular formula is C9H14ClNO. The van der Waals surface area contributed by atoms with E-state index in [9.17, 15) is 4.79 Å². The van der Waals surface area contributed by atoms with Crippen LogP contribution in [-0.2, 0) is 4.79 Å². The van der Waals surface area contributed by atoms with E-state index < -0.39 is 0 Å². The molecule has 0 aromatic heterocycles. The third-order valence-corrected chi connectivity index (χ3v) is 3.53. The summed E-state index contributed by atoms with van der Waals surface area (Å²) in [6.45, 7) is 3.60. The van der Waals surface area contributed by atoms with Crippen LogP contribution in [0.1, 0.15) is 13.3 Å². The third-order valence-electron chi connectivity index (χ3n) is 3.14. The van der Waals surface area contributed by atoms with Crippen LogP contribution >= 0.6 is 11.6 Å². The average molecular weight is 188 g/mol. The molecule has 1 saturated carbocycles. The van der Waals surface area contributed by atoms with Gasteiger partial charge in [-0.3, -0.25) is 4.79 Å². The van der Waals surface area contributed by atoms with E-state index >= 15 is 0 Å². The molecule has 0 aromatic carbocycles. The summed E-state index contributed by atoms with van der Waals surface area (Å²) in [7, 11) is 0. The second-order valence-corrected chi connectivity index (χ2v) is 4.31. The molecule has 68 valence electrons. The topological polar surface area (TPSA) is 20.3 Å². The average Bonchev–Trinajstić information content (AvgIpc) is 2.63. The molecule has 0 bridgehead atoms. The highest BCUT2D eigenvalue weighted by molar-refractivity contribution is 6.18. The van der Waals surface area contributed by atoms with Crippen molar-refractivity contribution in [1.29, 1.82) is 0 Å². The van der Waals surface area contributed by atoms with Crippen molar-refractivity contribution in [2.45, 2.75) is 13.3 Å². The Labute approximate surface area is 77.9 Å². The lowest BCUT2D eigenvalue weighted by molar-refractivity contribution is -0.135. The minimum absolute atomic E-state index is 0.217. The van der Waals surface area contributed by atoms with Gasteiger partial charge >= 0.3 is 0 Å². The van der Waals surface area contributed by atoms with E-state index in [-0.39, 0.29) is 5.91 Å². The zero-order chi connectivity index (χ0) is 8.72. The van der Waals surface area contributed by atoms with Gasteiger partial charge in [0.05, 0.1) is 0 Å². The molecular weight excluding hydrogens is 174 g/mol. The number of nitrogens with zero attached hydrogens (tertiary/aromatic N) is 1. The molecule has 1 heterocycles. The van der Waals surface area contributed by atoms with Crippen molar-refractivity contribution in [3.8, 4) is 0 Å². The summed E-state index contributed by atoms with van der Waals surface area (Å²) in [6, 6.07) is 0. The molecule has 2 nitrogen and oxygen atoms in total. The molecule has 2 aliphatic rings. The van der Waals surface area contributed by atoms with E-state index in [1.54, 1.807) is 6.92 Å². The summed E-state index contributed by atoms with van der Waals surface area (Å²) >= 11 is 5.74. The Morgan fingerprint density at radius 2 is 2.25 bits per heavy atom. The van der Waals surface area contributed by atoms with Gasteiger partial charge < -0.3 is 4.90 Å². The van der Waals surface area contributed by atoms with Crippen LogP contribution in [-0.4, -0.2) is 29.8 Å². The normalized spacial score (nSPS) is 34.7. The van der Waals surface area contributed by atoms with Gasteiger partial charge in [0.25, 0.3) is 0 Å². The molecule has 0 spiro atoms. The maximum absolute atomic E-state index is 10.9. The Hall–Kier alpha value is -0.240. The van der Waals surface area contributed by atoms with Gasteiger partial charge in [0.2, 0.25) is 5.91 Å². The van der Waals surface area contributed by atoms with Crippen molar-refractivity contribution in [2.75, 3.05) is 19.0 Å². The van der Waals surface area contributed by atoms with E-state index in [0.717, 1.165) is 36.7 Å². The fraction of sp³-hybridized carbons (Fsp3) is 0.889. The highest BCUT2D eigenvalue weighted by atomic mass is 35.5. The number of alkyl halides is 1. The highest BCUT2D eigenvalue weighted by Crippen LogP contribution is 2.47. The molecule has 2 unspecified atom stereocenters. The number of carbonyl (C=O) groups is 1. The molecule has 2 fully saturated rings. The van der Waals surface area contributed by atoms with Gasteiger partial charge in [-0.05, 0) is 24.2 Å². The van der Waals surface area contributed by atoms with Crippen molar-refractivity contribution in [1.82, 2.24) is 4.90 Å². The Morgan fingerprint density at radius 3 is 2.67 bits per heavy atom. The zero-order valence-corrected chi connectivity index (χ0v) is 8.05. The summed E-state index contributed by atoms with van der Waals surface area (Å²) < 4.78 is 0. The molecule has 0 radical (unpaired) electrons. The summed E-state index contributed by atoms with van der Waals surface area (Å²) in [5.41, 5.74) is 0. The number of hydrogen-bond acceptors (Lipinski definition) is 1. The molecule has 3 heteroatoms. The van der Waals surface area contributed by atoms with E-state index in [0.29, 0.717) is 0 Å². The number of hydrogen-bond donors (Lipinski definition) is 0. The number of likely N-dealkylation sites (tertiary alicyclic amines) is 1. The predicted octanol–water partition coefficient (Wildman–Crippen LogP) is 1.34. The van der Waals surface area contributed by atoms with Crippen molar-refractivity contribution >= 4 is 17.5 Å². The quantitative estimate of drug-likeness (QED) is 0.598. The summed E-state index contributed by atoms with van der Waals surface area (Å²) in [5, 5.41) is 0. The van der Waals surface area contributed by atoms with Crippen LogP contribution in [0.15, 0.2) is 0 Å². The predicted molar refractivity (Wildman–Crippen MR) is 48.1 cm³/mol. The first-order valence-electron chi connectivity index (χ1n) is 4.54. The van der Waals surface area contributed by atoms with Crippen molar-refractivity contribution in [3.05, 3.63) is 0 Å². The summed E-state index contributed by atoms with van der Waals surface area (Å²) in [4.78, 5) is 12.8. The minimum Gasteiger partial charge on any atom is -0.342 e. The van der Waals surface area contributed by atoms with E-state index in [1.165, 1.54) is 6.42 Å². The minimum atomic E-state index is 0.217. The van der Waals surface area contributed by atoms with Gasteiger partial charge in [0.1, 0.15) is 0 Å². The zero-order valence-electron chi connectivity index (χ0n) is 7.29. The SMILES string of the molecule is CC(=O)N1CC(C2CC2CCl)C1. The van der Waals surface area contributed by atoms with Gasteiger partial charge in [-0.15, -0.1) is 11.6 Å². The van der Waals surface area contributed by atoms with Crippen LogP contribution in [0.2, 0.25) is 0 Å². The lowest BCUT2D eigenvalue weighted by Gasteiger charge is -2.39. The van der Waals surface area contributed by atoms with Gasteiger partial charge in [0.15, 0.2) is 0 Å². The summed E-state index contributed by atoms with van der Waals surface area (Å²) in [6.07, 6.45) is 1.29. The molecule has 0 N–H and O–H groups in total. The fourth-order valence-corrected chi connectivity index (χ4v) is 2.42. The van der Waals surface area contributed by atoms with Crippen molar-refractivity contribution in [3.63, 3.8) is 0 Å². The first kappa shape index (κ1) is 8.36. The van der Waals surface area contributed by atoms with Crippen LogP contribution in [0.5, 0.6) is 0 Å². The number of amides is 1. The molecule has 1 saturated heterocycles. The van der Waals surface area contributed by atoms with E-state index in [1.807, 2.05) is 4.90 Å². The van der Waals surface area contributed by atoms with Crippen molar-refractivity contribution in [2.24, 2.45) is 17.8 Å². The second kappa shape index (κ2) is 2.91. The van der Waals surface area contributed by atoms with E-state index in [4.69, 9.17) is 11.6 Å². The van der Waals surface area contributed by atoms with Gasteiger partial charge in [0, 0.05) is 25.9 Å². The first-order chi connectivity index (χ1) is 5.72. The molecule has 1 aliphatic carbocycles. The Morgan fingerprint density at radius 1 is 1.58 bits per heavy atom. The standard InChI is InChI=1S/C9H14ClNO/c1-6(12)11-4-8(5-11)9-2-7(9)3-10/h7-9H,2-5H2,1H3. The molecule has 2 rings (SSSR count). The van der Waals surface area contributed by atoms with Crippen LogP contribution in [0, 0.1) is 17.8 Å². The number of carbonyl (C=O) groups excluding carboxylic acids is 1. The molecule has 0 aromatic rings. The molecule has 2 atom stereocenters. The van der Waals surface area contributed by atoms with Crippen molar-refractivity contribution < 1.29 is 4.79 Å². The molecule has 1 amide bonds. The van der Waals surface area contributed by atoms with Crippen LogP contribution in [0.25, 0.3) is 0 Å². The van der Waals surface area contributed by atoms with Gasteiger partial charge in [-0.1, -0.05) is 0 Å². The Bertz CT molecular complexity index is 201. The molecule has 12 heavy (non-hydrogen) atoms. The Kier molecular flexibility index (Phi) is 2.03. The van der Waals surface area contributed by atoms with Gasteiger partial charge in [-0.25, -0.2) is 0 Å². The third kappa shape index (κ3) is 1.33. The fourth-order valence-electron chi connectivity index (χ4n) is 2.07. The van der Waals surface area contributed by atoms with Gasteiger partial charge in [-0.2, -0.15) is 0 Å². The lowest BCUT2D eigenvalue weighted by Crippen LogP contribution is -2.50. The smallest absolute Gasteiger partial charge is 0.219 e. The van der Waals surface area contributed by atoms with Crippen LogP contribution < -0.4 is 0 Å². The van der Waals surface area contributed by atoms with Crippen LogP contribution in [0.4, 0.5) is 0 Å². The number of halogens is 1. The lowest BCUT2D eigenvalue weighted by atomic mass is 9.93. The Balaban J connectivity index is 1.73. The van der Waals surface area contributed by atoms with Crippen LogP contribution in [0.3, 0.4) is 0 Å². The monoisotopic (exact) mass is 187 g/mol. The molecule has 1 aliphatic heterocycles. The summed E-state index contributed by atoms with van der Waals surface area (Å²) in [5.74, 6) is 3.37. The largest absolute Gasteiger partial charge is 0.342 e.